The van der Waals surface area contributed by atoms with Crippen molar-refractivity contribution >= 4 is 21.9 Å². The molecule has 1 aromatic carbocycles. The highest BCUT2D eigenvalue weighted by Gasteiger charge is 2.12. The van der Waals surface area contributed by atoms with Gasteiger partial charge < -0.3 is 9.47 Å². The third-order valence-electron chi connectivity index (χ3n) is 2.14. The number of benzene rings is 1. The van der Waals surface area contributed by atoms with Crippen LogP contribution in [-0.2, 0) is 16.0 Å². The van der Waals surface area contributed by atoms with Gasteiger partial charge in [-0.25, -0.2) is 0 Å². The van der Waals surface area contributed by atoms with Crippen LogP contribution in [0.25, 0.3) is 0 Å². The molecular formula is C12H13BrF2O3. The Hall–Kier alpha value is -1.17. The number of halogens is 3. The molecule has 100 valence electrons. The van der Waals surface area contributed by atoms with E-state index in [2.05, 4.69) is 20.7 Å². The summed E-state index contributed by atoms with van der Waals surface area (Å²) in [5.74, 6) is -0.280. The zero-order valence-electron chi connectivity index (χ0n) is 9.79. The van der Waals surface area contributed by atoms with Gasteiger partial charge in [0, 0.05) is 10.9 Å². The molecular weight excluding hydrogens is 310 g/mol. The fourth-order valence-corrected chi connectivity index (χ4v) is 1.83. The first kappa shape index (κ1) is 14.9. The number of rotatable bonds is 6. The van der Waals surface area contributed by atoms with Crippen molar-refractivity contribution in [2.75, 3.05) is 6.61 Å². The molecule has 3 nitrogen and oxygen atoms in total. The lowest BCUT2D eigenvalue weighted by atomic mass is 10.1. The molecule has 0 saturated heterocycles. The van der Waals surface area contributed by atoms with Crippen LogP contribution in [-0.4, -0.2) is 19.2 Å². The Bertz CT molecular complexity index is 410. The van der Waals surface area contributed by atoms with E-state index in [4.69, 9.17) is 4.74 Å². The normalized spacial score (nSPS) is 10.5. The summed E-state index contributed by atoms with van der Waals surface area (Å²) in [6, 6.07) is 4.69. The van der Waals surface area contributed by atoms with Crippen molar-refractivity contribution in [3.63, 3.8) is 0 Å². The Morgan fingerprint density at radius 1 is 1.44 bits per heavy atom. The molecule has 0 aliphatic carbocycles. The molecule has 0 saturated carbocycles. The summed E-state index contributed by atoms with van der Waals surface area (Å²) in [7, 11) is 0. The number of aryl methyl sites for hydroxylation is 1. The van der Waals surface area contributed by atoms with Gasteiger partial charge in [0.15, 0.2) is 0 Å². The third kappa shape index (κ3) is 5.00. The number of esters is 1. The summed E-state index contributed by atoms with van der Waals surface area (Å²) < 4.78 is 34.3. The molecule has 0 unspecified atom stereocenters. The van der Waals surface area contributed by atoms with Gasteiger partial charge in [-0.2, -0.15) is 8.78 Å². The van der Waals surface area contributed by atoms with Crippen LogP contribution in [0.1, 0.15) is 18.9 Å². The predicted octanol–water partition coefficient (Wildman–Crippen LogP) is 3.55. The molecule has 0 N–H and O–H groups in total. The molecule has 0 atom stereocenters. The van der Waals surface area contributed by atoms with Crippen molar-refractivity contribution in [1.82, 2.24) is 0 Å². The molecule has 0 aromatic heterocycles. The number of carbonyl (C=O) groups excluding carboxylic acids is 1. The summed E-state index contributed by atoms with van der Waals surface area (Å²) in [6.45, 7) is -0.868. The third-order valence-corrected chi connectivity index (χ3v) is 2.64. The highest BCUT2D eigenvalue weighted by molar-refractivity contribution is 9.10. The quantitative estimate of drug-likeness (QED) is 0.751. The minimum absolute atomic E-state index is 0.0810. The SMILES string of the molecule is CCOC(=O)CCc1cc(Br)ccc1OC(F)F. The Morgan fingerprint density at radius 2 is 2.17 bits per heavy atom. The van der Waals surface area contributed by atoms with Crippen LogP contribution in [0.15, 0.2) is 22.7 Å². The van der Waals surface area contributed by atoms with E-state index in [1.807, 2.05) is 0 Å². The largest absolute Gasteiger partial charge is 0.466 e. The van der Waals surface area contributed by atoms with Gasteiger partial charge in [0.1, 0.15) is 5.75 Å². The Morgan fingerprint density at radius 3 is 2.78 bits per heavy atom. The van der Waals surface area contributed by atoms with Gasteiger partial charge in [-0.3, -0.25) is 4.79 Å². The summed E-state index contributed by atoms with van der Waals surface area (Å²) >= 11 is 3.24. The summed E-state index contributed by atoms with van der Waals surface area (Å²) in [4.78, 5) is 11.2. The Kier molecular flexibility index (Phi) is 6.04. The van der Waals surface area contributed by atoms with E-state index in [9.17, 15) is 13.6 Å². The maximum absolute atomic E-state index is 12.2. The van der Waals surface area contributed by atoms with Crippen molar-refractivity contribution in [2.24, 2.45) is 0 Å². The first-order valence-corrected chi connectivity index (χ1v) is 6.21. The number of hydrogen-bond acceptors (Lipinski definition) is 3. The predicted molar refractivity (Wildman–Crippen MR) is 65.7 cm³/mol. The van der Waals surface area contributed by atoms with Crippen LogP contribution in [0.4, 0.5) is 8.78 Å². The fraction of sp³-hybridized carbons (Fsp3) is 0.417. The van der Waals surface area contributed by atoms with E-state index >= 15 is 0 Å². The molecule has 0 radical (unpaired) electrons. The van der Waals surface area contributed by atoms with Crippen LogP contribution in [0, 0.1) is 0 Å². The maximum atomic E-state index is 12.2. The molecule has 0 bridgehead atoms. The van der Waals surface area contributed by atoms with Gasteiger partial charge in [-0.05, 0) is 37.1 Å². The van der Waals surface area contributed by atoms with Crippen LogP contribution >= 0.6 is 15.9 Å². The van der Waals surface area contributed by atoms with E-state index in [1.165, 1.54) is 6.07 Å². The van der Waals surface area contributed by atoms with Gasteiger partial charge in [0.05, 0.1) is 6.61 Å². The van der Waals surface area contributed by atoms with E-state index in [0.717, 1.165) is 4.47 Å². The molecule has 0 amide bonds. The lowest BCUT2D eigenvalue weighted by molar-refractivity contribution is -0.143. The standard InChI is InChI=1S/C12H13BrF2O3/c1-2-17-11(16)6-3-8-7-9(13)4-5-10(8)18-12(14)15/h4-5,7,12H,2-3,6H2,1H3. The highest BCUT2D eigenvalue weighted by Crippen LogP contribution is 2.26. The second-order valence-corrected chi connectivity index (χ2v) is 4.35. The monoisotopic (exact) mass is 322 g/mol. The van der Waals surface area contributed by atoms with E-state index < -0.39 is 6.61 Å². The summed E-state index contributed by atoms with van der Waals surface area (Å²) in [5.41, 5.74) is 0.540. The molecule has 1 rings (SSSR count). The Balaban J connectivity index is 2.72. The average Bonchev–Trinajstić information content (AvgIpc) is 2.29. The first-order valence-electron chi connectivity index (χ1n) is 5.41. The molecule has 0 heterocycles. The lowest BCUT2D eigenvalue weighted by Crippen LogP contribution is -2.08. The van der Waals surface area contributed by atoms with Gasteiger partial charge >= 0.3 is 12.6 Å². The number of hydrogen-bond donors (Lipinski definition) is 0. The lowest BCUT2D eigenvalue weighted by Gasteiger charge is -2.10. The average molecular weight is 323 g/mol. The summed E-state index contributed by atoms with van der Waals surface area (Å²) in [6.07, 6.45) is 0.421. The van der Waals surface area contributed by atoms with E-state index in [1.54, 1.807) is 19.1 Å². The molecule has 1 aromatic rings. The highest BCUT2D eigenvalue weighted by atomic mass is 79.9. The van der Waals surface area contributed by atoms with Crippen LogP contribution in [0.2, 0.25) is 0 Å². The van der Waals surface area contributed by atoms with Crippen molar-refractivity contribution < 1.29 is 23.0 Å². The maximum Gasteiger partial charge on any atom is 0.387 e. The first-order chi connectivity index (χ1) is 8.52. The van der Waals surface area contributed by atoms with Crippen molar-refractivity contribution in [2.45, 2.75) is 26.4 Å². The van der Waals surface area contributed by atoms with Gasteiger partial charge in [0.25, 0.3) is 0 Å². The van der Waals surface area contributed by atoms with Crippen molar-refractivity contribution in [3.05, 3.63) is 28.2 Å². The van der Waals surface area contributed by atoms with Crippen LogP contribution < -0.4 is 4.74 Å². The smallest absolute Gasteiger partial charge is 0.387 e. The second kappa shape index (κ2) is 7.31. The van der Waals surface area contributed by atoms with Crippen molar-refractivity contribution in [3.8, 4) is 5.75 Å². The Labute approximate surface area is 112 Å². The molecule has 18 heavy (non-hydrogen) atoms. The van der Waals surface area contributed by atoms with Crippen LogP contribution in [0.3, 0.4) is 0 Å². The topological polar surface area (TPSA) is 35.5 Å². The van der Waals surface area contributed by atoms with Crippen LogP contribution in [0.5, 0.6) is 5.75 Å². The van der Waals surface area contributed by atoms with E-state index in [0.29, 0.717) is 18.6 Å². The molecule has 6 heteroatoms. The van der Waals surface area contributed by atoms with Gasteiger partial charge in [0.2, 0.25) is 0 Å². The number of alkyl halides is 2. The number of carbonyl (C=O) groups is 1. The molecule has 0 fully saturated rings. The zero-order chi connectivity index (χ0) is 13.5. The zero-order valence-corrected chi connectivity index (χ0v) is 11.4. The summed E-state index contributed by atoms with van der Waals surface area (Å²) in [5, 5.41) is 0. The second-order valence-electron chi connectivity index (χ2n) is 3.44. The molecule has 0 aliphatic rings. The fourth-order valence-electron chi connectivity index (χ4n) is 1.42. The molecule has 0 spiro atoms. The molecule has 0 aliphatic heterocycles. The van der Waals surface area contributed by atoms with Crippen molar-refractivity contribution in [1.29, 1.82) is 0 Å². The number of ether oxygens (including phenoxy) is 2. The van der Waals surface area contributed by atoms with E-state index in [-0.39, 0.29) is 18.1 Å². The minimum Gasteiger partial charge on any atom is -0.466 e. The minimum atomic E-state index is -2.88. The van der Waals surface area contributed by atoms with Gasteiger partial charge in [-0.1, -0.05) is 15.9 Å². The van der Waals surface area contributed by atoms with Gasteiger partial charge in [-0.15, -0.1) is 0 Å².